The minimum atomic E-state index is 0.407. The van der Waals surface area contributed by atoms with E-state index in [1.807, 2.05) is 12.1 Å². The summed E-state index contributed by atoms with van der Waals surface area (Å²) < 4.78 is 0. The Morgan fingerprint density at radius 3 is 2.71 bits per heavy atom. The minimum Gasteiger partial charge on any atom is -0.353 e. The van der Waals surface area contributed by atoms with Crippen molar-refractivity contribution in [2.24, 2.45) is 5.18 Å². The molecule has 0 radical (unpaired) electrons. The molecule has 6 heteroatoms. The summed E-state index contributed by atoms with van der Waals surface area (Å²) >= 11 is 0. The number of pyridine rings is 1. The van der Waals surface area contributed by atoms with Crippen LogP contribution in [0.15, 0.2) is 54.4 Å². The predicted octanol–water partition coefficient (Wildman–Crippen LogP) is 3.57. The number of nitrogens with zero attached hydrogens (tertiary/aromatic N) is 4. The monoisotopic (exact) mass is 275 g/mol. The van der Waals surface area contributed by atoms with E-state index >= 15 is 0 Å². The third-order valence-corrected chi connectivity index (χ3v) is 3.44. The molecule has 4 rings (SSSR count). The average Bonchev–Trinajstić information content (AvgIpc) is 2.93. The number of hydrogen-bond acceptors (Lipinski definition) is 5. The Hall–Kier alpha value is -3.15. The number of rotatable bonds is 2. The first-order valence-electron chi connectivity index (χ1n) is 6.36. The maximum Gasteiger partial charge on any atom is 0.115 e. The van der Waals surface area contributed by atoms with Crippen molar-refractivity contribution in [3.63, 3.8) is 0 Å². The van der Waals surface area contributed by atoms with Crippen molar-refractivity contribution in [3.05, 3.63) is 54.1 Å². The molecule has 0 saturated carbocycles. The molecule has 1 N–H and O–H groups in total. The van der Waals surface area contributed by atoms with E-state index < -0.39 is 0 Å². The van der Waals surface area contributed by atoms with Crippen LogP contribution in [-0.2, 0) is 0 Å². The van der Waals surface area contributed by atoms with E-state index in [1.54, 1.807) is 30.7 Å². The van der Waals surface area contributed by atoms with Crippen molar-refractivity contribution in [2.45, 2.75) is 0 Å². The maximum atomic E-state index is 10.7. The van der Waals surface area contributed by atoms with Crippen LogP contribution in [-0.4, -0.2) is 19.9 Å². The lowest BCUT2D eigenvalue weighted by Crippen LogP contribution is -1.87. The lowest BCUT2D eigenvalue weighted by Gasteiger charge is -2.00. The molecule has 3 heterocycles. The van der Waals surface area contributed by atoms with Gasteiger partial charge in [-0.3, -0.25) is 4.98 Å². The first kappa shape index (κ1) is 11.7. The van der Waals surface area contributed by atoms with Gasteiger partial charge < -0.3 is 4.98 Å². The van der Waals surface area contributed by atoms with Crippen LogP contribution in [0.1, 0.15) is 0 Å². The molecular weight excluding hydrogens is 266 g/mol. The Labute approximate surface area is 118 Å². The van der Waals surface area contributed by atoms with E-state index in [4.69, 9.17) is 0 Å². The largest absolute Gasteiger partial charge is 0.353 e. The molecular formula is C15H9N5O. The molecule has 3 aromatic heterocycles. The molecule has 0 fully saturated rings. The van der Waals surface area contributed by atoms with Crippen LogP contribution in [0.5, 0.6) is 0 Å². The van der Waals surface area contributed by atoms with Gasteiger partial charge in [0, 0.05) is 40.4 Å². The molecule has 0 atom stereocenters. The Bertz CT molecular complexity index is 962. The van der Waals surface area contributed by atoms with Crippen LogP contribution in [0.4, 0.5) is 5.69 Å². The Morgan fingerprint density at radius 2 is 1.90 bits per heavy atom. The molecule has 6 nitrogen and oxygen atoms in total. The molecule has 1 aromatic carbocycles. The number of aromatic nitrogens is 4. The number of H-pyrrole nitrogens is 1. The standard InChI is InChI=1S/C15H9N5O/c21-20-10-1-2-13-12(5-10)11-3-4-18-14(15(11)19-13)9-6-16-8-17-7-9/h1-8,19H. The van der Waals surface area contributed by atoms with Crippen LogP contribution < -0.4 is 0 Å². The highest BCUT2D eigenvalue weighted by molar-refractivity contribution is 6.11. The Kier molecular flexibility index (Phi) is 2.47. The maximum absolute atomic E-state index is 10.7. The van der Waals surface area contributed by atoms with Gasteiger partial charge in [0.1, 0.15) is 12.0 Å². The smallest absolute Gasteiger partial charge is 0.115 e. The predicted molar refractivity (Wildman–Crippen MR) is 80.1 cm³/mol. The quantitative estimate of drug-likeness (QED) is 0.567. The van der Waals surface area contributed by atoms with Gasteiger partial charge in [-0.05, 0) is 29.4 Å². The van der Waals surface area contributed by atoms with Gasteiger partial charge in [0.2, 0.25) is 0 Å². The lowest BCUT2D eigenvalue weighted by atomic mass is 10.1. The van der Waals surface area contributed by atoms with E-state index in [-0.39, 0.29) is 0 Å². The summed E-state index contributed by atoms with van der Waals surface area (Å²) in [4.78, 5) is 26.5. The number of fused-ring (bicyclic) bond motifs is 3. The molecule has 0 aliphatic carbocycles. The second kappa shape index (κ2) is 4.45. The van der Waals surface area contributed by atoms with Crippen LogP contribution in [0.2, 0.25) is 0 Å². The minimum absolute atomic E-state index is 0.407. The summed E-state index contributed by atoms with van der Waals surface area (Å²) in [6.45, 7) is 0. The van der Waals surface area contributed by atoms with Crippen LogP contribution in [0.25, 0.3) is 33.1 Å². The van der Waals surface area contributed by atoms with Gasteiger partial charge in [0.25, 0.3) is 0 Å². The summed E-state index contributed by atoms with van der Waals surface area (Å²) in [5.74, 6) is 0. The molecule has 0 amide bonds. The van der Waals surface area contributed by atoms with Gasteiger partial charge in [-0.1, -0.05) is 0 Å². The molecule has 0 bridgehead atoms. The Morgan fingerprint density at radius 1 is 1.05 bits per heavy atom. The molecule has 0 spiro atoms. The van der Waals surface area contributed by atoms with Crippen LogP contribution in [0, 0.1) is 4.91 Å². The zero-order chi connectivity index (χ0) is 14.2. The molecule has 100 valence electrons. The molecule has 0 unspecified atom stereocenters. The van der Waals surface area contributed by atoms with Gasteiger partial charge in [-0.25, -0.2) is 9.97 Å². The van der Waals surface area contributed by atoms with Gasteiger partial charge in [-0.2, -0.15) is 0 Å². The van der Waals surface area contributed by atoms with E-state index in [9.17, 15) is 4.91 Å². The number of nitrogens with one attached hydrogen (secondary N) is 1. The van der Waals surface area contributed by atoms with E-state index in [1.165, 1.54) is 6.33 Å². The summed E-state index contributed by atoms with van der Waals surface area (Å²) in [7, 11) is 0. The first-order chi connectivity index (χ1) is 10.4. The molecule has 0 aliphatic rings. The fourth-order valence-electron chi connectivity index (χ4n) is 2.51. The van der Waals surface area contributed by atoms with Crippen LogP contribution in [0.3, 0.4) is 0 Å². The second-order valence-electron chi connectivity index (χ2n) is 4.66. The molecule has 0 aliphatic heterocycles. The first-order valence-corrected chi connectivity index (χ1v) is 6.36. The summed E-state index contributed by atoms with van der Waals surface area (Å²) in [6, 6.07) is 7.21. The zero-order valence-electron chi connectivity index (χ0n) is 10.8. The van der Waals surface area contributed by atoms with Crippen molar-refractivity contribution in [1.82, 2.24) is 19.9 Å². The normalized spacial score (nSPS) is 11.0. The van der Waals surface area contributed by atoms with Crippen molar-refractivity contribution in [2.75, 3.05) is 0 Å². The van der Waals surface area contributed by atoms with Crippen LogP contribution >= 0.6 is 0 Å². The van der Waals surface area contributed by atoms with Crippen molar-refractivity contribution >= 4 is 27.5 Å². The highest BCUT2D eigenvalue weighted by Gasteiger charge is 2.11. The van der Waals surface area contributed by atoms with E-state index in [0.717, 1.165) is 33.1 Å². The summed E-state index contributed by atoms with van der Waals surface area (Å²) in [5, 5.41) is 4.93. The SMILES string of the molecule is O=Nc1ccc2[nH]c3c(-c4cncnc4)nccc3c2c1. The number of nitroso groups, excluding NO2 is 1. The highest BCUT2D eigenvalue weighted by Crippen LogP contribution is 2.32. The number of aromatic amines is 1. The van der Waals surface area contributed by atoms with Crippen molar-refractivity contribution in [1.29, 1.82) is 0 Å². The lowest BCUT2D eigenvalue weighted by molar-refractivity contribution is 1.16. The fraction of sp³-hybridized carbons (Fsp3) is 0. The molecule has 21 heavy (non-hydrogen) atoms. The van der Waals surface area contributed by atoms with Gasteiger partial charge in [0.05, 0.1) is 11.2 Å². The highest BCUT2D eigenvalue weighted by atomic mass is 16.3. The van der Waals surface area contributed by atoms with E-state index in [2.05, 4.69) is 25.1 Å². The van der Waals surface area contributed by atoms with Crippen molar-refractivity contribution in [3.8, 4) is 11.3 Å². The molecule has 0 saturated heterocycles. The third kappa shape index (κ3) is 1.77. The van der Waals surface area contributed by atoms with E-state index in [0.29, 0.717) is 5.69 Å². The third-order valence-electron chi connectivity index (χ3n) is 3.44. The summed E-state index contributed by atoms with van der Waals surface area (Å²) in [5.41, 5.74) is 3.85. The van der Waals surface area contributed by atoms with Gasteiger partial charge >= 0.3 is 0 Å². The number of hydrogen-bond donors (Lipinski definition) is 1. The average molecular weight is 275 g/mol. The van der Waals surface area contributed by atoms with Gasteiger partial charge in [0.15, 0.2) is 0 Å². The van der Waals surface area contributed by atoms with Crippen molar-refractivity contribution < 1.29 is 0 Å². The fourth-order valence-corrected chi connectivity index (χ4v) is 2.51. The zero-order valence-corrected chi connectivity index (χ0v) is 10.8. The Balaban J connectivity index is 2.09. The number of benzene rings is 1. The second-order valence-corrected chi connectivity index (χ2v) is 4.66. The van der Waals surface area contributed by atoms with Gasteiger partial charge in [-0.15, -0.1) is 4.91 Å². The summed E-state index contributed by atoms with van der Waals surface area (Å²) in [6.07, 6.45) is 6.66. The topological polar surface area (TPSA) is 83.9 Å². The molecule has 4 aromatic rings.